The van der Waals surface area contributed by atoms with Gasteiger partial charge >= 0.3 is 17.9 Å². The van der Waals surface area contributed by atoms with E-state index in [-0.39, 0.29) is 31.1 Å². The van der Waals surface area contributed by atoms with Gasteiger partial charge in [0.1, 0.15) is 13.2 Å². The molecule has 58 heavy (non-hydrogen) atoms. The SMILES string of the molecule is CC(C)CCCCCCCCCCCCCCCC(=O)O[C@H](COC(=O)CCCCCCCCCCCCCCC(C)C)COC(=O)CCCCCCCCC(C)C. The number of hydrogen-bond acceptors (Lipinski definition) is 6. The summed E-state index contributed by atoms with van der Waals surface area (Å²) in [7, 11) is 0. The van der Waals surface area contributed by atoms with Crippen molar-refractivity contribution in [2.45, 2.75) is 285 Å². The molecule has 6 nitrogen and oxygen atoms in total. The van der Waals surface area contributed by atoms with Crippen LogP contribution in [0.1, 0.15) is 279 Å². The Morgan fingerprint density at radius 2 is 0.500 bits per heavy atom. The minimum absolute atomic E-state index is 0.0654. The van der Waals surface area contributed by atoms with Crippen molar-refractivity contribution >= 4 is 17.9 Å². The number of carbonyl (C=O) groups is 3. The molecule has 0 bridgehead atoms. The van der Waals surface area contributed by atoms with E-state index in [0.717, 1.165) is 75.5 Å². The van der Waals surface area contributed by atoms with Crippen molar-refractivity contribution in [2.24, 2.45) is 17.8 Å². The van der Waals surface area contributed by atoms with Crippen LogP contribution < -0.4 is 0 Å². The lowest BCUT2D eigenvalue weighted by Crippen LogP contribution is -2.30. The second-order valence-electron chi connectivity index (χ2n) is 19.2. The van der Waals surface area contributed by atoms with Gasteiger partial charge in [-0.1, -0.05) is 241 Å². The fraction of sp³-hybridized carbons (Fsp3) is 0.942. The van der Waals surface area contributed by atoms with Crippen molar-refractivity contribution in [3.05, 3.63) is 0 Å². The monoisotopic (exact) mass is 821 g/mol. The second-order valence-corrected chi connectivity index (χ2v) is 19.2. The average Bonchev–Trinajstić information content (AvgIpc) is 3.18. The highest BCUT2D eigenvalue weighted by atomic mass is 16.6. The molecule has 0 radical (unpaired) electrons. The molecule has 0 amide bonds. The summed E-state index contributed by atoms with van der Waals surface area (Å²) in [4.78, 5) is 37.9. The van der Waals surface area contributed by atoms with Crippen LogP contribution >= 0.6 is 0 Å². The van der Waals surface area contributed by atoms with Crippen molar-refractivity contribution in [3.63, 3.8) is 0 Å². The van der Waals surface area contributed by atoms with E-state index in [2.05, 4.69) is 41.5 Å². The predicted molar refractivity (Wildman–Crippen MR) is 247 cm³/mol. The molecule has 0 heterocycles. The van der Waals surface area contributed by atoms with Gasteiger partial charge in [-0.25, -0.2) is 0 Å². The first-order valence-corrected chi connectivity index (χ1v) is 25.6. The molecule has 0 saturated carbocycles. The maximum Gasteiger partial charge on any atom is 0.306 e. The summed E-state index contributed by atoms with van der Waals surface area (Å²) in [6, 6.07) is 0. The largest absolute Gasteiger partial charge is 0.462 e. The number of ether oxygens (including phenoxy) is 3. The van der Waals surface area contributed by atoms with Gasteiger partial charge in [0.2, 0.25) is 0 Å². The van der Waals surface area contributed by atoms with E-state index >= 15 is 0 Å². The van der Waals surface area contributed by atoms with E-state index in [1.165, 1.54) is 161 Å². The van der Waals surface area contributed by atoms with Gasteiger partial charge in [0.25, 0.3) is 0 Å². The number of rotatable bonds is 45. The minimum atomic E-state index is -0.763. The highest BCUT2D eigenvalue weighted by Gasteiger charge is 2.19. The van der Waals surface area contributed by atoms with E-state index in [1.807, 2.05) is 0 Å². The smallest absolute Gasteiger partial charge is 0.306 e. The van der Waals surface area contributed by atoms with Gasteiger partial charge < -0.3 is 14.2 Å². The van der Waals surface area contributed by atoms with Crippen molar-refractivity contribution in [2.75, 3.05) is 13.2 Å². The van der Waals surface area contributed by atoms with E-state index in [1.54, 1.807) is 0 Å². The first-order valence-electron chi connectivity index (χ1n) is 25.6. The summed E-state index contributed by atoms with van der Waals surface area (Å²) in [6.45, 7) is 13.7. The first-order chi connectivity index (χ1) is 28.1. The van der Waals surface area contributed by atoms with Crippen LogP contribution in [0.2, 0.25) is 0 Å². The fourth-order valence-electron chi connectivity index (χ4n) is 7.76. The van der Waals surface area contributed by atoms with Crippen LogP contribution in [-0.4, -0.2) is 37.2 Å². The molecule has 0 saturated heterocycles. The van der Waals surface area contributed by atoms with Gasteiger partial charge in [-0.2, -0.15) is 0 Å². The molecule has 6 heteroatoms. The molecular weight excluding hydrogens is 721 g/mol. The normalized spacial score (nSPS) is 12.2. The zero-order valence-corrected chi connectivity index (χ0v) is 39.8. The van der Waals surface area contributed by atoms with Crippen molar-refractivity contribution < 1.29 is 28.6 Å². The Hall–Kier alpha value is -1.59. The van der Waals surface area contributed by atoms with Gasteiger partial charge in [0.15, 0.2) is 6.10 Å². The lowest BCUT2D eigenvalue weighted by Gasteiger charge is -2.18. The fourth-order valence-corrected chi connectivity index (χ4v) is 7.76. The lowest BCUT2D eigenvalue weighted by atomic mass is 10.0. The molecule has 0 rings (SSSR count). The number of esters is 3. The lowest BCUT2D eigenvalue weighted by molar-refractivity contribution is -0.167. The second kappa shape index (κ2) is 43.5. The maximum atomic E-state index is 12.8. The highest BCUT2D eigenvalue weighted by Crippen LogP contribution is 2.17. The summed E-state index contributed by atoms with van der Waals surface area (Å²) in [6.07, 6.45) is 42.5. The van der Waals surface area contributed by atoms with Crippen LogP contribution in [0.5, 0.6) is 0 Å². The third-order valence-corrected chi connectivity index (χ3v) is 11.6. The Morgan fingerprint density at radius 1 is 0.293 bits per heavy atom. The summed E-state index contributed by atoms with van der Waals surface area (Å²) in [5.74, 6) is 1.58. The van der Waals surface area contributed by atoms with Crippen LogP contribution in [0, 0.1) is 17.8 Å². The van der Waals surface area contributed by atoms with E-state index in [4.69, 9.17) is 14.2 Å². The Kier molecular flexibility index (Phi) is 42.3. The van der Waals surface area contributed by atoms with Gasteiger partial charge in [-0.05, 0) is 37.0 Å². The van der Waals surface area contributed by atoms with Crippen LogP contribution in [0.25, 0.3) is 0 Å². The summed E-state index contributed by atoms with van der Waals surface area (Å²) < 4.78 is 16.8. The summed E-state index contributed by atoms with van der Waals surface area (Å²) in [5.41, 5.74) is 0. The Morgan fingerprint density at radius 3 is 0.741 bits per heavy atom. The minimum Gasteiger partial charge on any atom is -0.462 e. The third-order valence-electron chi connectivity index (χ3n) is 11.6. The van der Waals surface area contributed by atoms with Gasteiger partial charge in [-0.15, -0.1) is 0 Å². The highest BCUT2D eigenvalue weighted by molar-refractivity contribution is 5.71. The Labute approximate surface area is 361 Å². The quantitative estimate of drug-likeness (QED) is 0.0346. The third kappa shape index (κ3) is 45.5. The zero-order valence-electron chi connectivity index (χ0n) is 39.8. The van der Waals surface area contributed by atoms with Crippen molar-refractivity contribution in [1.29, 1.82) is 0 Å². The first kappa shape index (κ1) is 56.4. The van der Waals surface area contributed by atoms with E-state index < -0.39 is 6.10 Å². The standard InChI is InChI=1S/C52H100O6/c1-46(2)38-32-26-20-16-12-8-7-9-15-19-23-31-37-43-52(55)58-49(45-57-51(54)42-36-30-25-24-28-34-40-48(5)6)44-56-50(53)41-35-29-22-18-14-11-10-13-17-21-27-33-39-47(3)4/h46-49H,7-45H2,1-6H3/t49-/m1/s1. The Balaban J connectivity index is 4.28. The van der Waals surface area contributed by atoms with Crippen LogP contribution in [-0.2, 0) is 28.6 Å². The van der Waals surface area contributed by atoms with E-state index in [9.17, 15) is 14.4 Å². The molecular formula is C52H100O6. The van der Waals surface area contributed by atoms with Crippen molar-refractivity contribution in [3.8, 4) is 0 Å². The molecule has 0 aliphatic carbocycles. The summed E-state index contributed by atoms with van der Waals surface area (Å²) >= 11 is 0. The molecule has 0 aliphatic rings. The van der Waals surface area contributed by atoms with Crippen LogP contribution in [0.15, 0.2) is 0 Å². The van der Waals surface area contributed by atoms with Crippen molar-refractivity contribution in [1.82, 2.24) is 0 Å². The molecule has 0 N–H and O–H groups in total. The molecule has 0 spiro atoms. The molecule has 1 atom stereocenters. The zero-order chi connectivity index (χ0) is 42.7. The summed E-state index contributed by atoms with van der Waals surface area (Å²) in [5, 5.41) is 0. The molecule has 0 aromatic carbocycles. The molecule has 0 aromatic heterocycles. The predicted octanol–water partition coefficient (Wildman–Crippen LogP) is 16.4. The van der Waals surface area contributed by atoms with Gasteiger partial charge in [0, 0.05) is 19.3 Å². The topological polar surface area (TPSA) is 78.9 Å². The molecule has 344 valence electrons. The van der Waals surface area contributed by atoms with Crippen LogP contribution in [0.3, 0.4) is 0 Å². The maximum absolute atomic E-state index is 12.8. The number of carbonyl (C=O) groups excluding carboxylic acids is 3. The molecule has 0 aliphatic heterocycles. The number of hydrogen-bond donors (Lipinski definition) is 0. The molecule has 0 aromatic rings. The Bertz CT molecular complexity index is 898. The molecule has 0 unspecified atom stereocenters. The molecule has 0 fully saturated rings. The van der Waals surface area contributed by atoms with Gasteiger partial charge in [0.05, 0.1) is 0 Å². The average molecular weight is 821 g/mol. The number of unbranched alkanes of at least 4 members (excludes halogenated alkanes) is 28. The van der Waals surface area contributed by atoms with Crippen LogP contribution in [0.4, 0.5) is 0 Å². The van der Waals surface area contributed by atoms with Gasteiger partial charge in [-0.3, -0.25) is 14.4 Å². The van der Waals surface area contributed by atoms with E-state index in [0.29, 0.717) is 19.3 Å².